The van der Waals surface area contributed by atoms with Crippen LogP contribution in [-0.4, -0.2) is 29.3 Å². The lowest BCUT2D eigenvalue weighted by Gasteiger charge is -2.15. The molecular formula is C11H11N5. The third kappa shape index (κ3) is 1.78. The maximum atomic E-state index is 8.98. The second-order valence-electron chi connectivity index (χ2n) is 3.56. The first-order chi connectivity index (χ1) is 7.72. The Morgan fingerprint density at radius 1 is 1.25 bits per heavy atom. The van der Waals surface area contributed by atoms with Crippen molar-refractivity contribution in [1.82, 2.24) is 15.2 Å². The summed E-state index contributed by atoms with van der Waals surface area (Å²) in [7, 11) is 3.71. The minimum Gasteiger partial charge on any atom is -0.316 e. The maximum absolute atomic E-state index is 8.98. The number of benzene rings is 1. The molecule has 80 valence electrons. The van der Waals surface area contributed by atoms with E-state index in [0.717, 1.165) is 10.9 Å². The third-order valence-electron chi connectivity index (χ3n) is 2.11. The molecule has 2 aromatic rings. The van der Waals surface area contributed by atoms with Crippen molar-refractivity contribution in [3.63, 3.8) is 0 Å². The molecule has 1 heterocycles. The van der Waals surface area contributed by atoms with Crippen LogP contribution in [0.3, 0.4) is 0 Å². The fraction of sp³-hybridized carbons (Fsp3) is 0.182. The zero-order chi connectivity index (χ0) is 11.5. The van der Waals surface area contributed by atoms with Crippen molar-refractivity contribution in [3.8, 4) is 6.07 Å². The molecule has 0 aliphatic heterocycles. The molecule has 1 aromatic carbocycles. The number of aromatic nitrogens is 2. The van der Waals surface area contributed by atoms with Gasteiger partial charge in [-0.2, -0.15) is 5.26 Å². The molecule has 2 rings (SSSR count). The Labute approximate surface area is 93.3 Å². The Morgan fingerprint density at radius 2 is 2.00 bits per heavy atom. The van der Waals surface area contributed by atoms with Gasteiger partial charge < -0.3 is 5.43 Å². The zero-order valence-corrected chi connectivity index (χ0v) is 9.10. The van der Waals surface area contributed by atoms with E-state index in [4.69, 9.17) is 5.26 Å². The van der Waals surface area contributed by atoms with Crippen molar-refractivity contribution < 1.29 is 0 Å². The standard InChI is InChI=1S/C11H11N5/c1-16(2)15-11-8-5-3-4-6-9(8)13-14-10(11)7-12/h3-6H,1-2H3,(H,13,15). The molecule has 16 heavy (non-hydrogen) atoms. The van der Waals surface area contributed by atoms with Crippen LogP contribution in [0.2, 0.25) is 0 Å². The summed E-state index contributed by atoms with van der Waals surface area (Å²) in [5.41, 5.74) is 4.84. The minimum atomic E-state index is 0.299. The average Bonchev–Trinajstić information content (AvgIpc) is 2.29. The summed E-state index contributed by atoms with van der Waals surface area (Å²) in [5.74, 6) is 0. The van der Waals surface area contributed by atoms with Crippen LogP contribution < -0.4 is 5.43 Å². The van der Waals surface area contributed by atoms with Gasteiger partial charge in [0.05, 0.1) is 11.2 Å². The number of anilines is 1. The number of hydrazine groups is 1. The van der Waals surface area contributed by atoms with Gasteiger partial charge in [0.25, 0.3) is 0 Å². The van der Waals surface area contributed by atoms with Crippen molar-refractivity contribution >= 4 is 16.6 Å². The molecule has 5 heteroatoms. The van der Waals surface area contributed by atoms with Crippen LogP contribution in [0, 0.1) is 11.3 Å². The summed E-state index contributed by atoms with van der Waals surface area (Å²) in [5, 5.41) is 19.5. The summed E-state index contributed by atoms with van der Waals surface area (Å²) >= 11 is 0. The number of nitrogens with one attached hydrogen (secondary N) is 1. The van der Waals surface area contributed by atoms with E-state index in [1.807, 2.05) is 44.4 Å². The van der Waals surface area contributed by atoms with Crippen molar-refractivity contribution in [2.24, 2.45) is 0 Å². The van der Waals surface area contributed by atoms with Gasteiger partial charge in [0, 0.05) is 19.5 Å². The van der Waals surface area contributed by atoms with Crippen molar-refractivity contribution in [2.75, 3.05) is 19.5 Å². The minimum absolute atomic E-state index is 0.299. The number of rotatable bonds is 2. The highest BCUT2D eigenvalue weighted by Gasteiger charge is 2.09. The molecule has 5 nitrogen and oxygen atoms in total. The number of hydrogen-bond acceptors (Lipinski definition) is 5. The van der Waals surface area contributed by atoms with E-state index in [-0.39, 0.29) is 0 Å². The van der Waals surface area contributed by atoms with Gasteiger partial charge in [0.15, 0.2) is 5.69 Å². The van der Waals surface area contributed by atoms with E-state index >= 15 is 0 Å². The highest BCUT2D eigenvalue weighted by atomic mass is 15.5. The van der Waals surface area contributed by atoms with Gasteiger partial charge in [-0.1, -0.05) is 18.2 Å². The fourth-order valence-electron chi connectivity index (χ4n) is 1.47. The monoisotopic (exact) mass is 213 g/mol. The SMILES string of the molecule is CN(C)Nc1c(C#N)nnc2ccccc12. The molecule has 0 unspecified atom stereocenters. The summed E-state index contributed by atoms with van der Waals surface area (Å²) in [6.45, 7) is 0. The number of nitriles is 1. The van der Waals surface area contributed by atoms with Crippen molar-refractivity contribution in [2.45, 2.75) is 0 Å². The first kappa shape index (κ1) is 10.3. The fourth-order valence-corrected chi connectivity index (χ4v) is 1.47. The molecule has 0 aliphatic carbocycles. The topological polar surface area (TPSA) is 64.8 Å². The number of fused-ring (bicyclic) bond motifs is 1. The van der Waals surface area contributed by atoms with E-state index < -0.39 is 0 Å². The second kappa shape index (κ2) is 4.13. The van der Waals surface area contributed by atoms with Crippen molar-refractivity contribution in [1.29, 1.82) is 5.26 Å². The molecule has 1 aromatic heterocycles. The lowest BCUT2D eigenvalue weighted by Crippen LogP contribution is -2.21. The van der Waals surface area contributed by atoms with Crippen molar-refractivity contribution in [3.05, 3.63) is 30.0 Å². The van der Waals surface area contributed by atoms with Crippen LogP contribution in [0.4, 0.5) is 5.69 Å². The van der Waals surface area contributed by atoms with E-state index in [2.05, 4.69) is 15.6 Å². The number of hydrogen-bond donors (Lipinski definition) is 1. The summed E-state index contributed by atoms with van der Waals surface area (Å²) < 4.78 is 0. The molecule has 0 bridgehead atoms. The van der Waals surface area contributed by atoms with Gasteiger partial charge in [0.2, 0.25) is 0 Å². The van der Waals surface area contributed by atoms with Gasteiger partial charge in [-0.05, 0) is 6.07 Å². The highest BCUT2D eigenvalue weighted by Crippen LogP contribution is 2.23. The second-order valence-corrected chi connectivity index (χ2v) is 3.56. The van der Waals surface area contributed by atoms with E-state index in [1.165, 1.54) is 0 Å². The first-order valence-corrected chi connectivity index (χ1v) is 4.82. The van der Waals surface area contributed by atoms with E-state index in [9.17, 15) is 0 Å². The highest BCUT2D eigenvalue weighted by molar-refractivity contribution is 5.92. The summed E-state index contributed by atoms with van der Waals surface area (Å²) in [6, 6.07) is 9.61. The molecule has 0 saturated carbocycles. The van der Waals surface area contributed by atoms with Gasteiger partial charge >= 0.3 is 0 Å². The Kier molecular flexibility index (Phi) is 2.66. The van der Waals surface area contributed by atoms with E-state index in [0.29, 0.717) is 11.4 Å². The molecular weight excluding hydrogens is 202 g/mol. The summed E-state index contributed by atoms with van der Waals surface area (Å²) in [6.07, 6.45) is 0. The van der Waals surface area contributed by atoms with Crippen LogP contribution in [0.25, 0.3) is 10.9 Å². The normalized spacial score (nSPS) is 10.4. The van der Waals surface area contributed by atoms with Gasteiger partial charge in [0.1, 0.15) is 6.07 Å². The lowest BCUT2D eigenvalue weighted by atomic mass is 10.2. The quantitative estimate of drug-likeness (QED) is 0.764. The molecule has 1 N–H and O–H groups in total. The smallest absolute Gasteiger partial charge is 0.188 e. The Morgan fingerprint density at radius 3 is 2.69 bits per heavy atom. The third-order valence-corrected chi connectivity index (χ3v) is 2.11. The van der Waals surface area contributed by atoms with Crippen LogP contribution in [0.5, 0.6) is 0 Å². The Balaban J connectivity index is 2.69. The molecule has 0 radical (unpaired) electrons. The van der Waals surface area contributed by atoms with Gasteiger partial charge in [-0.15, -0.1) is 10.2 Å². The Bertz CT molecular complexity index is 556. The van der Waals surface area contributed by atoms with Crippen LogP contribution >= 0.6 is 0 Å². The van der Waals surface area contributed by atoms with Crippen LogP contribution in [-0.2, 0) is 0 Å². The average molecular weight is 213 g/mol. The molecule has 0 spiro atoms. The predicted molar refractivity (Wildman–Crippen MR) is 61.6 cm³/mol. The Hall–Kier alpha value is -2.19. The summed E-state index contributed by atoms with van der Waals surface area (Å²) in [4.78, 5) is 0. The predicted octanol–water partition coefficient (Wildman–Crippen LogP) is 1.39. The van der Waals surface area contributed by atoms with Crippen LogP contribution in [0.15, 0.2) is 24.3 Å². The molecule has 0 aliphatic rings. The maximum Gasteiger partial charge on any atom is 0.188 e. The molecule has 0 amide bonds. The van der Waals surface area contributed by atoms with E-state index in [1.54, 1.807) is 5.01 Å². The van der Waals surface area contributed by atoms with Crippen LogP contribution in [0.1, 0.15) is 5.69 Å². The largest absolute Gasteiger partial charge is 0.316 e. The first-order valence-electron chi connectivity index (χ1n) is 4.82. The number of nitrogens with zero attached hydrogens (tertiary/aromatic N) is 4. The zero-order valence-electron chi connectivity index (χ0n) is 9.10. The van der Waals surface area contributed by atoms with Gasteiger partial charge in [-0.3, -0.25) is 0 Å². The lowest BCUT2D eigenvalue weighted by molar-refractivity contribution is 0.495. The van der Waals surface area contributed by atoms with Gasteiger partial charge in [-0.25, -0.2) is 5.01 Å². The molecule has 0 atom stereocenters. The molecule has 0 fully saturated rings. The molecule has 0 saturated heterocycles.